The molecule has 0 fully saturated rings. The van der Waals surface area contributed by atoms with Crippen molar-refractivity contribution in [2.75, 3.05) is 12.4 Å². The van der Waals surface area contributed by atoms with Crippen molar-refractivity contribution in [3.8, 4) is 0 Å². The number of nitrogens with zero attached hydrogens (tertiary/aromatic N) is 2. The van der Waals surface area contributed by atoms with Gasteiger partial charge in [-0.3, -0.25) is 0 Å². The van der Waals surface area contributed by atoms with Crippen LogP contribution in [-0.4, -0.2) is 17.3 Å². The lowest BCUT2D eigenvalue weighted by atomic mass is 10.1. The molecule has 0 radical (unpaired) electrons. The van der Waals surface area contributed by atoms with Gasteiger partial charge in [-0.05, 0) is 23.3 Å². The maximum absolute atomic E-state index is 12.4. The maximum atomic E-state index is 12.4. The Balaban J connectivity index is 1.98. The Morgan fingerprint density at radius 1 is 1.10 bits per heavy atom. The van der Waals surface area contributed by atoms with E-state index in [-0.39, 0.29) is 0 Å². The van der Waals surface area contributed by atoms with E-state index in [1.54, 1.807) is 7.11 Å². The zero-order chi connectivity index (χ0) is 15.3. The second kappa shape index (κ2) is 6.53. The SMILES string of the molecule is COCc1cccc(CNc2ccc(C(F)(F)F)nn2)c1. The molecule has 0 amide bonds. The third kappa shape index (κ3) is 4.42. The summed E-state index contributed by atoms with van der Waals surface area (Å²) in [7, 11) is 1.61. The molecule has 0 saturated heterocycles. The Kier molecular flexibility index (Phi) is 4.74. The van der Waals surface area contributed by atoms with Crippen molar-refractivity contribution in [3.63, 3.8) is 0 Å². The van der Waals surface area contributed by atoms with Gasteiger partial charge in [0.2, 0.25) is 0 Å². The van der Waals surface area contributed by atoms with Crippen molar-refractivity contribution in [3.05, 3.63) is 53.2 Å². The van der Waals surface area contributed by atoms with E-state index < -0.39 is 11.9 Å². The highest BCUT2D eigenvalue weighted by molar-refractivity contribution is 5.35. The highest BCUT2D eigenvalue weighted by Crippen LogP contribution is 2.27. The van der Waals surface area contributed by atoms with Crippen LogP contribution in [-0.2, 0) is 24.1 Å². The van der Waals surface area contributed by atoms with E-state index in [2.05, 4.69) is 15.5 Å². The Morgan fingerprint density at radius 3 is 2.48 bits per heavy atom. The monoisotopic (exact) mass is 297 g/mol. The number of hydrogen-bond acceptors (Lipinski definition) is 4. The van der Waals surface area contributed by atoms with E-state index in [4.69, 9.17) is 4.74 Å². The van der Waals surface area contributed by atoms with Gasteiger partial charge in [0.15, 0.2) is 5.69 Å². The molecule has 0 saturated carbocycles. The number of alkyl halides is 3. The molecule has 0 atom stereocenters. The first kappa shape index (κ1) is 15.2. The number of aromatic nitrogens is 2. The van der Waals surface area contributed by atoms with Crippen LogP contribution in [0.5, 0.6) is 0 Å². The molecule has 0 unspecified atom stereocenters. The number of ether oxygens (including phenoxy) is 1. The Morgan fingerprint density at radius 2 is 1.86 bits per heavy atom. The standard InChI is InChI=1S/C14H14F3N3O/c1-21-9-11-4-2-3-10(7-11)8-18-13-6-5-12(19-20-13)14(15,16)17/h2-7H,8-9H2,1H3,(H,18,20). The molecule has 0 aliphatic rings. The molecule has 0 aliphatic heterocycles. The van der Waals surface area contributed by atoms with E-state index in [9.17, 15) is 13.2 Å². The number of halogens is 3. The topological polar surface area (TPSA) is 47.0 Å². The molecule has 0 bridgehead atoms. The average molecular weight is 297 g/mol. The largest absolute Gasteiger partial charge is 0.435 e. The lowest BCUT2D eigenvalue weighted by Crippen LogP contribution is -2.10. The van der Waals surface area contributed by atoms with Crippen LogP contribution < -0.4 is 5.32 Å². The molecule has 1 aromatic heterocycles. The number of nitrogens with one attached hydrogen (secondary N) is 1. The summed E-state index contributed by atoms with van der Waals surface area (Å²) >= 11 is 0. The van der Waals surface area contributed by atoms with Crippen LogP contribution >= 0.6 is 0 Å². The molecule has 7 heteroatoms. The molecule has 1 N–H and O–H groups in total. The summed E-state index contributed by atoms with van der Waals surface area (Å²) in [5, 5.41) is 9.59. The zero-order valence-corrected chi connectivity index (χ0v) is 11.3. The van der Waals surface area contributed by atoms with Gasteiger partial charge in [0.1, 0.15) is 5.82 Å². The van der Waals surface area contributed by atoms with E-state index in [0.717, 1.165) is 17.2 Å². The van der Waals surface area contributed by atoms with Gasteiger partial charge in [-0.15, -0.1) is 10.2 Å². The Hall–Kier alpha value is -2.15. The summed E-state index contributed by atoms with van der Waals surface area (Å²) < 4.78 is 42.1. The highest BCUT2D eigenvalue weighted by atomic mass is 19.4. The van der Waals surface area contributed by atoms with Crippen molar-refractivity contribution < 1.29 is 17.9 Å². The van der Waals surface area contributed by atoms with Crippen LogP contribution in [0.25, 0.3) is 0 Å². The first-order valence-corrected chi connectivity index (χ1v) is 6.20. The minimum absolute atomic E-state index is 0.292. The average Bonchev–Trinajstić information content (AvgIpc) is 2.45. The second-order valence-corrected chi connectivity index (χ2v) is 4.41. The number of methoxy groups -OCH3 is 1. The lowest BCUT2D eigenvalue weighted by molar-refractivity contribution is -0.141. The van der Waals surface area contributed by atoms with Crippen LogP contribution in [0.4, 0.5) is 19.0 Å². The Labute approximate surface area is 120 Å². The van der Waals surface area contributed by atoms with E-state index in [1.807, 2.05) is 24.3 Å². The van der Waals surface area contributed by atoms with Gasteiger partial charge in [0, 0.05) is 13.7 Å². The van der Waals surface area contributed by atoms with E-state index in [0.29, 0.717) is 19.0 Å². The van der Waals surface area contributed by atoms with E-state index in [1.165, 1.54) is 6.07 Å². The number of anilines is 1. The molecule has 2 aromatic rings. The third-order valence-electron chi connectivity index (χ3n) is 2.73. The zero-order valence-electron chi connectivity index (χ0n) is 11.3. The van der Waals surface area contributed by atoms with Gasteiger partial charge in [-0.1, -0.05) is 24.3 Å². The van der Waals surface area contributed by atoms with Crippen LogP contribution in [0, 0.1) is 0 Å². The summed E-state index contributed by atoms with van der Waals surface area (Å²) in [6, 6.07) is 9.85. The van der Waals surface area contributed by atoms with Crippen molar-refractivity contribution in [2.45, 2.75) is 19.3 Å². The minimum atomic E-state index is -4.47. The van der Waals surface area contributed by atoms with Gasteiger partial charge < -0.3 is 10.1 Å². The quantitative estimate of drug-likeness (QED) is 0.920. The van der Waals surface area contributed by atoms with Gasteiger partial charge in [0.05, 0.1) is 6.61 Å². The molecular formula is C14H14F3N3O. The number of rotatable bonds is 5. The van der Waals surface area contributed by atoms with Gasteiger partial charge in [-0.25, -0.2) is 0 Å². The Bertz CT molecular complexity index is 585. The normalized spacial score (nSPS) is 11.4. The summed E-state index contributed by atoms with van der Waals surface area (Å²) in [6.07, 6.45) is -4.47. The summed E-state index contributed by atoms with van der Waals surface area (Å²) in [5.41, 5.74) is 0.997. The lowest BCUT2D eigenvalue weighted by Gasteiger charge is -2.08. The molecule has 112 valence electrons. The fraction of sp³-hybridized carbons (Fsp3) is 0.286. The molecule has 2 rings (SSSR count). The van der Waals surface area contributed by atoms with Gasteiger partial charge in [-0.2, -0.15) is 13.2 Å². The first-order chi connectivity index (χ1) is 9.99. The molecule has 1 aromatic carbocycles. The van der Waals surface area contributed by atoms with Gasteiger partial charge >= 0.3 is 6.18 Å². The summed E-state index contributed by atoms with van der Waals surface area (Å²) in [5.74, 6) is 0.292. The van der Waals surface area contributed by atoms with Crippen LogP contribution in [0.2, 0.25) is 0 Å². The molecular weight excluding hydrogens is 283 g/mol. The molecule has 1 heterocycles. The van der Waals surface area contributed by atoms with Gasteiger partial charge in [0.25, 0.3) is 0 Å². The maximum Gasteiger partial charge on any atom is 0.435 e. The predicted molar refractivity (Wildman–Crippen MR) is 71.5 cm³/mol. The summed E-state index contributed by atoms with van der Waals surface area (Å²) in [4.78, 5) is 0. The minimum Gasteiger partial charge on any atom is -0.380 e. The fourth-order valence-electron chi connectivity index (χ4n) is 1.77. The van der Waals surface area contributed by atoms with Crippen LogP contribution in [0.3, 0.4) is 0 Å². The molecule has 21 heavy (non-hydrogen) atoms. The predicted octanol–water partition coefficient (Wildman–Crippen LogP) is 3.25. The van der Waals surface area contributed by atoms with Crippen LogP contribution in [0.15, 0.2) is 36.4 Å². The molecule has 4 nitrogen and oxygen atoms in total. The van der Waals surface area contributed by atoms with Crippen molar-refractivity contribution in [1.29, 1.82) is 0 Å². The van der Waals surface area contributed by atoms with Crippen molar-refractivity contribution in [2.24, 2.45) is 0 Å². The first-order valence-electron chi connectivity index (χ1n) is 6.20. The van der Waals surface area contributed by atoms with Crippen molar-refractivity contribution >= 4 is 5.82 Å². The smallest absolute Gasteiger partial charge is 0.380 e. The highest BCUT2D eigenvalue weighted by Gasteiger charge is 2.32. The second-order valence-electron chi connectivity index (χ2n) is 4.41. The number of hydrogen-bond donors (Lipinski definition) is 1. The molecule has 0 spiro atoms. The summed E-state index contributed by atoms with van der Waals surface area (Å²) in [6.45, 7) is 0.950. The van der Waals surface area contributed by atoms with E-state index >= 15 is 0 Å². The number of benzene rings is 1. The van der Waals surface area contributed by atoms with Crippen LogP contribution in [0.1, 0.15) is 16.8 Å². The van der Waals surface area contributed by atoms with Crippen molar-refractivity contribution in [1.82, 2.24) is 10.2 Å². The fourth-order valence-corrected chi connectivity index (χ4v) is 1.77. The molecule has 0 aliphatic carbocycles. The third-order valence-corrected chi connectivity index (χ3v) is 2.73.